The van der Waals surface area contributed by atoms with Gasteiger partial charge in [0.15, 0.2) is 0 Å². The highest BCUT2D eigenvalue weighted by Gasteiger charge is 2.42. The zero-order valence-electron chi connectivity index (χ0n) is 12.2. The van der Waals surface area contributed by atoms with E-state index in [0.29, 0.717) is 5.92 Å². The van der Waals surface area contributed by atoms with Crippen molar-refractivity contribution in [2.75, 3.05) is 6.54 Å². The van der Waals surface area contributed by atoms with Crippen molar-refractivity contribution in [3.63, 3.8) is 0 Å². The van der Waals surface area contributed by atoms with E-state index < -0.39 is 5.60 Å². The highest BCUT2D eigenvalue weighted by molar-refractivity contribution is 5.69. The summed E-state index contributed by atoms with van der Waals surface area (Å²) in [5.41, 5.74) is -0.588. The zero-order chi connectivity index (χ0) is 14.0. The molecule has 1 aliphatic heterocycles. The molecule has 1 heterocycles. The van der Waals surface area contributed by atoms with E-state index in [1.165, 1.54) is 6.21 Å². The molecule has 18 heavy (non-hydrogen) atoms. The smallest absolute Gasteiger partial charge is 0.410 e. The summed E-state index contributed by atoms with van der Waals surface area (Å²) in [6.45, 7) is 10.6. The van der Waals surface area contributed by atoms with Gasteiger partial charge in [0.1, 0.15) is 5.60 Å². The lowest BCUT2D eigenvalue weighted by Crippen LogP contribution is -2.45. The van der Waals surface area contributed by atoms with Gasteiger partial charge in [-0.15, -0.1) is 0 Å². The van der Waals surface area contributed by atoms with Crippen LogP contribution in [0.1, 0.15) is 53.9 Å². The number of likely N-dealkylation sites (tertiary alicyclic amines) is 1. The maximum absolute atomic E-state index is 12.2. The third-order valence-electron chi connectivity index (χ3n) is 3.29. The molecule has 0 aromatic heterocycles. The minimum Gasteiger partial charge on any atom is -0.444 e. The second-order valence-electron chi connectivity index (χ2n) is 6.76. The summed E-state index contributed by atoms with van der Waals surface area (Å²) in [7, 11) is 0. The molecule has 1 amide bonds. The molecule has 1 atom stereocenters. The Kier molecular flexibility index (Phi) is 4.41. The second kappa shape index (κ2) is 5.29. The van der Waals surface area contributed by atoms with Crippen molar-refractivity contribution in [2.24, 2.45) is 5.92 Å². The van der Waals surface area contributed by atoms with Crippen LogP contribution in [-0.2, 0) is 4.74 Å². The summed E-state index contributed by atoms with van der Waals surface area (Å²) < 4.78 is 5.45. The van der Waals surface area contributed by atoms with Crippen molar-refractivity contribution in [3.8, 4) is 0 Å². The molecule has 0 radical (unpaired) electrons. The van der Waals surface area contributed by atoms with E-state index >= 15 is 0 Å². The molecular formula is C14H26N2O2. The average molecular weight is 254 g/mol. The van der Waals surface area contributed by atoms with E-state index in [1.807, 2.05) is 25.7 Å². The van der Waals surface area contributed by atoms with Crippen molar-refractivity contribution in [1.82, 2.24) is 4.90 Å². The van der Waals surface area contributed by atoms with E-state index in [0.717, 1.165) is 25.8 Å². The molecule has 4 heteroatoms. The summed E-state index contributed by atoms with van der Waals surface area (Å²) >= 11 is 0. The van der Waals surface area contributed by atoms with Gasteiger partial charge in [-0.3, -0.25) is 0 Å². The minimum atomic E-state index is -0.444. The average Bonchev–Trinajstić information content (AvgIpc) is 2.48. The van der Waals surface area contributed by atoms with Crippen LogP contribution < -0.4 is 0 Å². The van der Waals surface area contributed by atoms with E-state index in [9.17, 15) is 4.79 Å². The summed E-state index contributed by atoms with van der Waals surface area (Å²) in [6.07, 6.45) is 3.99. The molecule has 0 spiro atoms. The molecule has 0 aromatic carbocycles. The Morgan fingerprint density at radius 2 is 2.11 bits per heavy atom. The number of nitrogens with one attached hydrogen (secondary N) is 1. The molecule has 0 bridgehead atoms. The van der Waals surface area contributed by atoms with Gasteiger partial charge in [0, 0.05) is 12.1 Å². The monoisotopic (exact) mass is 254 g/mol. The predicted octanol–water partition coefficient (Wildman–Crippen LogP) is 3.45. The zero-order valence-corrected chi connectivity index (χ0v) is 12.2. The Morgan fingerprint density at radius 3 is 2.61 bits per heavy atom. The number of ether oxygens (including phenoxy) is 1. The van der Waals surface area contributed by atoms with Gasteiger partial charge in [0.25, 0.3) is 0 Å². The third-order valence-corrected chi connectivity index (χ3v) is 3.29. The Hall–Kier alpha value is -1.06. The van der Waals surface area contributed by atoms with E-state index in [1.54, 1.807) is 0 Å². The normalized spacial score (nSPS) is 22.9. The fourth-order valence-corrected chi connectivity index (χ4v) is 2.54. The molecule has 1 aliphatic rings. The fraction of sp³-hybridized carbons (Fsp3) is 0.857. The highest BCUT2D eigenvalue weighted by atomic mass is 16.6. The first-order valence-corrected chi connectivity index (χ1v) is 6.65. The minimum absolute atomic E-state index is 0.144. The summed E-state index contributed by atoms with van der Waals surface area (Å²) in [5.74, 6) is 0.481. The van der Waals surface area contributed by atoms with Crippen LogP contribution in [0.3, 0.4) is 0 Å². The van der Waals surface area contributed by atoms with Crippen LogP contribution in [0.25, 0.3) is 0 Å². The molecular weight excluding hydrogens is 228 g/mol. The maximum atomic E-state index is 12.2. The number of carbonyl (C=O) groups excluding carboxylic acids is 1. The Balaban J connectivity index is 2.65. The molecule has 1 N–H and O–H groups in total. The first-order valence-electron chi connectivity index (χ1n) is 6.65. The van der Waals surface area contributed by atoms with Crippen molar-refractivity contribution in [3.05, 3.63) is 0 Å². The Bertz CT molecular complexity index is 318. The predicted molar refractivity (Wildman–Crippen MR) is 73.1 cm³/mol. The van der Waals surface area contributed by atoms with Crippen LogP contribution in [0.15, 0.2) is 0 Å². The molecule has 0 aliphatic carbocycles. The third kappa shape index (κ3) is 4.00. The number of rotatable bonds is 3. The standard InChI is InChI=1S/C14H26N2O2/c1-13(2,3)18-12(17)16-10-11(7-6-8-15)9-14(16,4)5/h8,11,15H,6-7,9-10H2,1-5H3/t11-/m0/s1. The molecule has 1 fully saturated rings. The Morgan fingerprint density at radius 1 is 1.50 bits per heavy atom. The maximum Gasteiger partial charge on any atom is 0.410 e. The van der Waals surface area contributed by atoms with Crippen molar-refractivity contribution in [2.45, 2.75) is 65.0 Å². The summed E-state index contributed by atoms with van der Waals surface area (Å²) in [4.78, 5) is 14.0. The summed E-state index contributed by atoms with van der Waals surface area (Å²) in [6, 6.07) is 0. The van der Waals surface area contributed by atoms with Gasteiger partial charge in [-0.25, -0.2) is 4.79 Å². The SMILES string of the molecule is CC(C)(C)OC(=O)N1C[C@@H](CCC=N)CC1(C)C. The molecule has 4 nitrogen and oxygen atoms in total. The van der Waals surface area contributed by atoms with E-state index in [2.05, 4.69) is 13.8 Å². The van der Waals surface area contributed by atoms with Crippen LogP contribution >= 0.6 is 0 Å². The largest absolute Gasteiger partial charge is 0.444 e. The number of carbonyl (C=O) groups is 1. The quantitative estimate of drug-likeness (QED) is 0.784. The highest BCUT2D eigenvalue weighted by Crippen LogP contribution is 2.35. The topological polar surface area (TPSA) is 53.4 Å². The van der Waals surface area contributed by atoms with Crippen molar-refractivity contribution >= 4 is 12.3 Å². The number of nitrogens with zero attached hydrogens (tertiary/aromatic N) is 1. The van der Waals surface area contributed by atoms with Gasteiger partial charge < -0.3 is 15.0 Å². The lowest BCUT2D eigenvalue weighted by atomic mass is 9.93. The lowest BCUT2D eigenvalue weighted by Gasteiger charge is -2.33. The van der Waals surface area contributed by atoms with E-state index in [-0.39, 0.29) is 11.6 Å². The van der Waals surface area contributed by atoms with Gasteiger partial charge >= 0.3 is 6.09 Å². The van der Waals surface area contributed by atoms with Crippen LogP contribution in [0.2, 0.25) is 0 Å². The van der Waals surface area contributed by atoms with Gasteiger partial charge in [0.05, 0.1) is 0 Å². The van der Waals surface area contributed by atoms with Crippen LogP contribution in [0, 0.1) is 11.3 Å². The summed E-state index contributed by atoms with van der Waals surface area (Å²) in [5, 5.41) is 7.09. The Labute approximate surface area is 110 Å². The first kappa shape index (κ1) is 15.0. The van der Waals surface area contributed by atoms with Crippen molar-refractivity contribution < 1.29 is 9.53 Å². The lowest BCUT2D eigenvalue weighted by molar-refractivity contribution is 0.0131. The number of hydrogen-bond donors (Lipinski definition) is 1. The molecule has 0 saturated carbocycles. The molecule has 1 rings (SSSR count). The molecule has 0 unspecified atom stereocenters. The molecule has 104 valence electrons. The van der Waals surface area contributed by atoms with Crippen LogP contribution in [0.5, 0.6) is 0 Å². The van der Waals surface area contributed by atoms with Crippen molar-refractivity contribution in [1.29, 1.82) is 5.41 Å². The molecule has 0 aromatic rings. The van der Waals surface area contributed by atoms with Gasteiger partial charge in [-0.2, -0.15) is 0 Å². The van der Waals surface area contributed by atoms with E-state index in [4.69, 9.17) is 10.1 Å². The first-order chi connectivity index (χ1) is 8.15. The number of hydrogen-bond acceptors (Lipinski definition) is 3. The second-order valence-corrected chi connectivity index (χ2v) is 6.76. The van der Waals surface area contributed by atoms with Crippen LogP contribution in [0.4, 0.5) is 4.79 Å². The molecule has 1 saturated heterocycles. The van der Waals surface area contributed by atoms with Gasteiger partial charge in [0.2, 0.25) is 0 Å². The van der Waals surface area contributed by atoms with Gasteiger partial charge in [-0.1, -0.05) is 0 Å². The fourth-order valence-electron chi connectivity index (χ4n) is 2.54. The number of amides is 1. The van der Waals surface area contributed by atoms with Gasteiger partial charge in [-0.05, 0) is 66.0 Å². The van der Waals surface area contributed by atoms with Crippen LogP contribution in [-0.4, -0.2) is 34.9 Å².